The van der Waals surface area contributed by atoms with Gasteiger partial charge in [0.05, 0.1) is 22.4 Å². The van der Waals surface area contributed by atoms with Crippen molar-refractivity contribution in [3.63, 3.8) is 0 Å². The van der Waals surface area contributed by atoms with Crippen molar-refractivity contribution in [3.8, 4) is 28.7 Å². The number of aromatic nitrogens is 4. The van der Waals surface area contributed by atoms with Crippen LogP contribution in [0.5, 0.6) is 0 Å². The van der Waals surface area contributed by atoms with Crippen molar-refractivity contribution < 1.29 is 0 Å². The highest BCUT2D eigenvalue weighted by Gasteiger charge is 2.38. The average Bonchev–Trinajstić information content (AvgIpc) is 3.69. The summed E-state index contributed by atoms with van der Waals surface area (Å²) in [5.74, 6) is 1.63. The Hall–Kier alpha value is -8.02. The summed E-state index contributed by atoms with van der Waals surface area (Å²) in [7, 11) is 0. The molecule has 0 radical (unpaired) electrons. The summed E-state index contributed by atoms with van der Waals surface area (Å²) >= 11 is 0. The molecule has 0 fully saturated rings. The summed E-state index contributed by atoms with van der Waals surface area (Å²) in [5.41, 5.74) is 12.9. The monoisotopic (exact) mass is 781 g/mol. The Bertz CT molecular complexity index is 3160. The van der Waals surface area contributed by atoms with Gasteiger partial charge in [0.15, 0.2) is 11.6 Å². The zero-order valence-electron chi connectivity index (χ0n) is 33.3. The molecule has 61 heavy (non-hydrogen) atoms. The molecule has 0 N–H and O–H groups in total. The first kappa shape index (κ1) is 36.1. The van der Waals surface area contributed by atoms with Crippen molar-refractivity contribution >= 4 is 38.8 Å². The molecule has 5 heteroatoms. The highest BCUT2D eigenvalue weighted by atomic mass is 15.2. The van der Waals surface area contributed by atoms with Crippen LogP contribution < -0.4 is 0 Å². The smallest absolute Gasteiger partial charge is 0.238 e. The fourth-order valence-corrected chi connectivity index (χ4v) is 8.98. The van der Waals surface area contributed by atoms with Crippen molar-refractivity contribution in [2.45, 2.75) is 11.8 Å². The van der Waals surface area contributed by atoms with Crippen LogP contribution in [0, 0.1) is 0 Å². The predicted molar refractivity (Wildman–Crippen MR) is 250 cm³/mol. The zero-order chi connectivity index (χ0) is 40.5. The van der Waals surface area contributed by atoms with Crippen LogP contribution in [0.2, 0.25) is 0 Å². The minimum Gasteiger partial charge on any atom is -0.278 e. The maximum atomic E-state index is 5.66. The third kappa shape index (κ3) is 6.63. The van der Waals surface area contributed by atoms with Crippen LogP contribution in [0.4, 0.5) is 0 Å². The van der Waals surface area contributed by atoms with Crippen molar-refractivity contribution in [1.82, 2.24) is 19.5 Å². The molecule has 1 aliphatic heterocycles. The fourth-order valence-electron chi connectivity index (χ4n) is 8.98. The van der Waals surface area contributed by atoms with Gasteiger partial charge in [-0.15, -0.1) is 0 Å². The van der Waals surface area contributed by atoms with E-state index in [0.717, 1.165) is 61.0 Å². The summed E-state index contributed by atoms with van der Waals surface area (Å²) in [6, 6.07) is 78.8. The van der Waals surface area contributed by atoms with Crippen LogP contribution in [0.1, 0.15) is 39.7 Å². The second-order valence-electron chi connectivity index (χ2n) is 15.4. The van der Waals surface area contributed by atoms with Gasteiger partial charge in [-0.3, -0.25) is 9.56 Å². The van der Waals surface area contributed by atoms with E-state index in [0.29, 0.717) is 17.6 Å². The van der Waals surface area contributed by atoms with E-state index in [-0.39, 0.29) is 11.8 Å². The molecule has 0 spiro atoms. The van der Waals surface area contributed by atoms with Gasteiger partial charge in [0.2, 0.25) is 5.95 Å². The summed E-state index contributed by atoms with van der Waals surface area (Å²) in [6.45, 7) is 0. The Kier molecular flexibility index (Phi) is 9.24. The van der Waals surface area contributed by atoms with Gasteiger partial charge >= 0.3 is 0 Å². The normalized spacial score (nSPS) is 15.2. The van der Waals surface area contributed by atoms with Crippen LogP contribution in [0.3, 0.4) is 0 Å². The first-order valence-electron chi connectivity index (χ1n) is 20.7. The lowest BCUT2D eigenvalue weighted by Gasteiger charge is -2.37. The number of nitrogens with zero attached hydrogens (tertiary/aromatic N) is 5. The minimum absolute atomic E-state index is 0.0825. The predicted octanol–water partition coefficient (Wildman–Crippen LogP) is 13.2. The Balaban J connectivity index is 1.12. The molecular weight excluding hydrogens is 743 g/mol. The molecule has 0 saturated heterocycles. The number of hydrogen-bond donors (Lipinski definition) is 0. The quantitative estimate of drug-likeness (QED) is 0.154. The third-order valence-corrected chi connectivity index (χ3v) is 11.8. The molecule has 5 nitrogen and oxygen atoms in total. The van der Waals surface area contributed by atoms with Gasteiger partial charge in [0, 0.05) is 39.3 Å². The third-order valence-electron chi connectivity index (χ3n) is 11.8. The lowest BCUT2D eigenvalue weighted by atomic mass is 9.69. The summed E-state index contributed by atoms with van der Waals surface area (Å²) < 4.78 is 2.16. The Labute approximate surface area is 354 Å². The first-order valence-corrected chi connectivity index (χ1v) is 20.7. The molecule has 2 unspecified atom stereocenters. The highest BCUT2D eigenvalue weighted by molar-refractivity contribution is 6.15. The van der Waals surface area contributed by atoms with Gasteiger partial charge in [-0.1, -0.05) is 212 Å². The van der Waals surface area contributed by atoms with E-state index in [1.165, 1.54) is 16.7 Å². The molecule has 0 bridgehead atoms. The summed E-state index contributed by atoms with van der Waals surface area (Å²) in [4.78, 5) is 21.2. The van der Waals surface area contributed by atoms with E-state index >= 15 is 0 Å². The van der Waals surface area contributed by atoms with Gasteiger partial charge in [0.25, 0.3) is 0 Å². The van der Waals surface area contributed by atoms with Crippen molar-refractivity contribution in [2.24, 2.45) is 4.99 Å². The van der Waals surface area contributed by atoms with Gasteiger partial charge in [0.1, 0.15) is 0 Å². The number of allylic oxidation sites excluding steroid dienone is 1. The van der Waals surface area contributed by atoms with E-state index < -0.39 is 0 Å². The maximum Gasteiger partial charge on any atom is 0.238 e. The largest absolute Gasteiger partial charge is 0.278 e. The number of hydrogen-bond acceptors (Lipinski definition) is 4. The Morgan fingerprint density at radius 2 is 0.754 bits per heavy atom. The summed E-state index contributed by atoms with van der Waals surface area (Å²) in [6.07, 6.45) is 0. The van der Waals surface area contributed by atoms with Crippen molar-refractivity contribution in [3.05, 3.63) is 252 Å². The number of rotatable bonds is 8. The molecule has 10 aromatic rings. The van der Waals surface area contributed by atoms with Gasteiger partial charge in [-0.2, -0.15) is 9.97 Å². The molecule has 0 saturated carbocycles. The molecule has 0 amide bonds. The van der Waals surface area contributed by atoms with E-state index in [9.17, 15) is 0 Å². The molecule has 11 rings (SSSR count). The Morgan fingerprint density at radius 1 is 0.328 bits per heavy atom. The molecule has 8 aromatic carbocycles. The topological polar surface area (TPSA) is 56.0 Å². The van der Waals surface area contributed by atoms with Gasteiger partial charge < -0.3 is 0 Å². The number of para-hydroxylation sites is 2. The molecule has 1 aliphatic rings. The molecule has 2 aromatic heterocycles. The molecule has 288 valence electrons. The van der Waals surface area contributed by atoms with Crippen LogP contribution in [0.25, 0.3) is 61.8 Å². The van der Waals surface area contributed by atoms with Crippen LogP contribution in [0.15, 0.2) is 229 Å². The minimum atomic E-state index is -0.0897. The van der Waals surface area contributed by atoms with Crippen molar-refractivity contribution in [1.29, 1.82) is 0 Å². The fraction of sp³-hybridized carbons (Fsp3) is 0.0357. The Morgan fingerprint density at radius 3 is 1.31 bits per heavy atom. The van der Waals surface area contributed by atoms with Crippen molar-refractivity contribution in [2.75, 3.05) is 0 Å². The molecule has 0 aliphatic carbocycles. The second kappa shape index (κ2) is 15.6. The van der Waals surface area contributed by atoms with Gasteiger partial charge in [-0.05, 0) is 40.0 Å². The first-order chi connectivity index (χ1) is 30.3. The molecular formula is C56H39N5. The lowest BCUT2D eigenvalue weighted by Crippen LogP contribution is -2.27. The summed E-state index contributed by atoms with van der Waals surface area (Å²) in [5, 5.41) is 2.31. The van der Waals surface area contributed by atoms with Crippen LogP contribution in [-0.4, -0.2) is 25.2 Å². The van der Waals surface area contributed by atoms with E-state index in [1.54, 1.807) is 0 Å². The van der Waals surface area contributed by atoms with E-state index in [4.69, 9.17) is 19.9 Å². The SMILES string of the molecule is c1ccc(C2=NC(c3ccccc3)=C(c3ccccc3)C(c3ccc(-c4nc(-c5ccccc5)nc(-n5c6ccccc6c6ccccc65)n4)cc3)C2c2ccccc2)cc1. The molecule has 3 heterocycles. The van der Waals surface area contributed by atoms with Crippen LogP contribution in [-0.2, 0) is 0 Å². The van der Waals surface area contributed by atoms with Crippen LogP contribution >= 0.6 is 0 Å². The zero-order valence-corrected chi connectivity index (χ0v) is 33.3. The second-order valence-corrected chi connectivity index (χ2v) is 15.4. The van der Waals surface area contributed by atoms with Gasteiger partial charge in [-0.25, -0.2) is 4.98 Å². The number of benzene rings is 8. The number of aliphatic imine (C=N–C) groups is 1. The van der Waals surface area contributed by atoms with E-state index in [2.05, 4.69) is 211 Å². The molecule has 2 atom stereocenters. The highest BCUT2D eigenvalue weighted by Crippen LogP contribution is 2.51. The van der Waals surface area contributed by atoms with E-state index in [1.807, 2.05) is 18.2 Å². The number of fused-ring (bicyclic) bond motifs is 3. The lowest BCUT2D eigenvalue weighted by molar-refractivity contribution is 0.779. The average molecular weight is 782 g/mol. The maximum absolute atomic E-state index is 5.66. The standard InChI is InChI=1S/C56H39N5/c1-6-20-38(21-7-1)50-49(51(39-22-8-2-9-23-39)53(42-26-12-4-13-27-42)57-52(50)41-24-10-3-11-25-41)40-34-36-44(37-35-40)55-58-54(43-28-14-5-15-29-43)59-56(60-55)61-47-32-18-16-30-45(47)46-31-17-19-33-48(46)61/h1-37,49-50H.